The van der Waals surface area contributed by atoms with E-state index in [1.807, 2.05) is 27.7 Å². The molecule has 1 aromatic heterocycles. The van der Waals surface area contributed by atoms with E-state index >= 15 is 0 Å². The zero-order valence-electron chi connectivity index (χ0n) is 18.2. The molecule has 1 aliphatic heterocycles. The van der Waals surface area contributed by atoms with Crippen LogP contribution in [0.1, 0.15) is 46.1 Å². The van der Waals surface area contributed by atoms with Gasteiger partial charge in [0.1, 0.15) is 10.8 Å². The number of carbonyl (C=O) groups excluding carboxylic acids is 1. The van der Waals surface area contributed by atoms with Gasteiger partial charge in [0.05, 0.1) is 18.8 Å². The third-order valence-corrected chi connectivity index (χ3v) is 4.70. The SMILES string of the molecule is C=C(C)/C(=N\N=C\CCC(=O)Cc1cnc(OCC)c(Cl)c1)N1CC(C)OC(C)C1. The predicted molar refractivity (Wildman–Crippen MR) is 121 cm³/mol. The lowest BCUT2D eigenvalue weighted by atomic mass is 10.1. The lowest BCUT2D eigenvalue weighted by Gasteiger charge is -2.37. The summed E-state index contributed by atoms with van der Waals surface area (Å²) < 4.78 is 11.1. The lowest BCUT2D eigenvalue weighted by molar-refractivity contribution is -0.118. The van der Waals surface area contributed by atoms with Gasteiger partial charge in [-0.15, -0.1) is 5.10 Å². The Morgan fingerprint density at radius 3 is 2.73 bits per heavy atom. The van der Waals surface area contributed by atoms with Crippen molar-refractivity contribution >= 4 is 29.4 Å². The van der Waals surface area contributed by atoms with Crippen LogP contribution in [0, 0.1) is 0 Å². The summed E-state index contributed by atoms with van der Waals surface area (Å²) in [6.45, 7) is 13.9. The molecule has 7 nitrogen and oxygen atoms in total. The van der Waals surface area contributed by atoms with Crippen molar-refractivity contribution in [2.45, 2.75) is 59.2 Å². The average molecular weight is 435 g/mol. The van der Waals surface area contributed by atoms with Gasteiger partial charge in [-0.2, -0.15) is 5.10 Å². The fraction of sp³-hybridized carbons (Fsp3) is 0.545. The van der Waals surface area contributed by atoms with Crippen LogP contribution in [0.4, 0.5) is 0 Å². The number of hydrogen-bond acceptors (Lipinski definition) is 6. The largest absolute Gasteiger partial charge is 0.477 e. The van der Waals surface area contributed by atoms with E-state index in [1.54, 1.807) is 18.5 Å². The van der Waals surface area contributed by atoms with Gasteiger partial charge in [-0.3, -0.25) is 4.79 Å². The molecule has 1 saturated heterocycles. The van der Waals surface area contributed by atoms with Crippen molar-refractivity contribution < 1.29 is 14.3 Å². The van der Waals surface area contributed by atoms with Crippen molar-refractivity contribution in [3.63, 3.8) is 0 Å². The standard InChI is InChI=1S/C22H31ClN4O3/c1-6-29-22-20(23)11-18(12-24-22)10-19(28)8-7-9-25-26-21(15(2)3)27-13-16(4)30-17(5)14-27/h9,11-12,16-17H,2,6-8,10,13-14H2,1,3-5H3/b25-9+,26-21+. The van der Waals surface area contributed by atoms with Crippen LogP contribution in [0.15, 0.2) is 34.6 Å². The summed E-state index contributed by atoms with van der Waals surface area (Å²) in [6.07, 6.45) is 4.71. The van der Waals surface area contributed by atoms with Crippen LogP contribution < -0.4 is 4.74 Å². The highest BCUT2D eigenvalue weighted by atomic mass is 35.5. The van der Waals surface area contributed by atoms with E-state index in [4.69, 9.17) is 21.1 Å². The highest BCUT2D eigenvalue weighted by molar-refractivity contribution is 6.31. The number of nitrogens with zero attached hydrogens (tertiary/aromatic N) is 4. The van der Waals surface area contributed by atoms with Crippen molar-refractivity contribution in [3.05, 3.63) is 35.0 Å². The molecule has 0 saturated carbocycles. The van der Waals surface area contributed by atoms with Gasteiger partial charge in [0, 0.05) is 38.3 Å². The van der Waals surface area contributed by atoms with Gasteiger partial charge in [0.25, 0.3) is 0 Å². The van der Waals surface area contributed by atoms with E-state index in [-0.39, 0.29) is 24.4 Å². The third kappa shape index (κ3) is 7.54. The zero-order chi connectivity index (χ0) is 22.1. The first-order valence-electron chi connectivity index (χ1n) is 10.2. The maximum absolute atomic E-state index is 12.2. The first-order valence-corrected chi connectivity index (χ1v) is 10.6. The first-order chi connectivity index (χ1) is 14.3. The third-order valence-electron chi connectivity index (χ3n) is 4.43. The molecule has 2 atom stereocenters. The van der Waals surface area contributed by atoms with Crippen molar-refractivity contribution in [3.8, 4) is 5.88 Å². The smallest absolute Gasteiger partial charge is 0.232 e. The van der Waals surface area contributed by atoms with E-state index in [0.29, 0.717) is 30.4 Å². The summed E-state index contributed by atoms with van der Waals surface area (Å²) in [5.74, 6) is 1.23. The quantitative estimate of drug-likeness (QED) is 0.332. The highest BCUT2D eigenvalue weighted by Gasteiger charge is 2.25. The summed E-state index contributed by atoms with van der Waals surface area (Å²) in [7, 11) is 0. The van der Waals surface area contributed by atoms with Gasteiger partial charge >= 0.3 is 0 Å². The topological polar surface area (TPSA) is 76.4 Å². The Morgan fingerprint density at radius 2 is 2.13 bits per heavy atom. The second-order valence-corrected chi connectivity index (χ2v) is 7.89. The van der Waals surface area contributed by atoms with Gasteiger partial charge < -0.3 is 14.4 Å². The molecule has 2 heterocycles. The number of pyridine rings is 1. The molecule has 0 aliphatic carbocycles. The van der Waals surface area contributed by atoms with Crippen LogP contribution in [0.2, 0.25) is 5.02 Å². The van der Waals surface area contributed by atoms with Gasteiger partial charge in [-0.1, -0.05) is 18.2 Å². The monoisotopic (exact) mass is 434 g/mol. The molecule has 2 unspecified atom stereocenters. The Bertz CT molecular complexity index is 800. The van der Waals surface area contributed by atoms with E-state index in [0.717, 1.165) is 30.1 Å². The molecular formula is C22H31ClN4O3. The number of ether oxygens (including phenoxy) is 2. The summed E-state index contributed by atoms with van der Waals surface area (Å²) in [4.78, 5) is 18.5. The fourth-order valence-corrected chi connectivity index (χ4v) is 3.51. The minimum absolute atomic E-state index is 0.0865. The lowest BCUT2D eigenvalue weighted by Crippen LogP contribution is -2.48. The zero-order valence-corrected chi connectivity index (χ0v) is 19.0. The molecule has 1 fully saturated rings. The number of aromatic nitrogens is 1. The van der Waals surface area contributed by atoms with Crippen LogP contribution >= 0.6 is 11.6 Å². The number of morpholine rings is 1. The summed E-state index contributed by atoms with van der Waals surface area (Å²) in [6, 6.07) is 1.72. The summed E-state index contributed by atoms with van der Waals surface area (Å²) >= 11 is 6.12. The molecule has 1 aromatic rings. The van der Waals surface area contributed by atoms with Crippen molar-refractivity contribution in [1.82, 2.24) is 9.88 Å². The molecule has 0 amide bonds. The first kappa shape index (κ1) is 24.0. The molecule has 164 valence electrons. The molecular weight excluding hydrogens is 404 g/mol. The van der Waals surface area contributed by atoms with E-state index in [2.05, 4.69) is 26.7 Å². The predicted octanol–water partition coefficient (Wildman–Crippen LogP) is 4.10. The summed E-state index contributed by atoms with van der Waals surface area (Å²) in [5, 5.41) is 8.91. The van der Waals surface area contributed by atoms with Gasteiger partial charge in [-0.25, -0.2) is 4.98 Å². The molecule has 0 bridgehead atoms. The second kappa shape index (κ2) is 11.8. The number of halogens is 1. The Hall–Kier alpha value is -2.25. The molecule has 8 heteroatoms. The van der Waals surface area contributed by atoms with Crippen molar-refractivity contribution in [2.24, 2.45) is 10.2 Å². The fourth-order valence-electron chi connectivity index (χ4n) is 3.27. The number of amidine groups is 1. The molecule has 0 N–H and O–H groups in total. The van der Waals surface area contributed by atoms with Crippen LogP contribution in [0.5, 0.6) is 5.88 Å². The molecule has 0 radical (unpaired) electrons. The minimum atomic E-state index is 0.0865. The Kier molecular flexibility index (Phi) is 9.46. The second-order valence-electron chi connectivity index (χ2n) is 7.48. The molecule has 2 rings (SSSR count). The van der Waals surface area contributed by atoms with Crippen LogP contribution in [-0.2, 0) is 16.0 Å². The van der Waals surface area contributed by atoms with E-state index in [1.165, 1.54) is 0 Å². The molecule has 1 aliphatic rings. The Morgan fingerprint density at radius 1 is 1.43 bits per heavy atom. The van der Waals surface area contributed by atoms with Gasteiger partial charge in [0.15, 0.2) is 5.84 Å². The van der Waals surface area contributed by atoms with Crippen LogP contribution in [0.3, 0.4) is 0 Å². The number of rotatable bonds is 9. The number of carbonyl (C=O) groups is 1. The maximum Gasteiger partial charge on any atom is 0.232 e. The van der Waals surface area contributed by atoms with Gasteiger partial charge in [0.2, 0.25) is 5.88 Å². The van der Waals surface area contributed by atoms with Gasteiger partial charge in [-0.05, 0) is 51.3 Å². The Labute approximate surface area is 183 Å². The Balaban J connectivity index is 1.86. The van der Waals surface area contributed by atoms with Crippen LogP contribution in [0.25, 0.3) is 0 Å². The summed E-state index contributed by atoms with van der Waals surface area (Å²) in [5.41, 5.74) is 1.62. The molecule has 0 aromatic carbocycles. The van der Waals surface area contributed by atoms with Crippen LogP contribution in [-0.4, -0.2) is 59.6 Å². The van der Waals surface area contributed by atoms with E-state index < -0.39 is 0 Å². The minimum Gasteiger partial charge on any atom is -0.477 e. The number of ketones is 1. The molecule has 0 spiro atoms. The van der Waals surface area contributed by atoms with Crippen molar-refractivity contribution in [1.29, 1.82) is 0 Å². The average Bonchev–Trinajstić information content (AvgIpc) is 2.65. The number of hydrogen-bond donors (Lipinski definition) is 0. The molecule has 30 heavy (non-hydrogen) atoms. The van der Waals surface area contributed by atoms with E-state index in [9.17, 15) is 4.79 Å². The number of Topliss-reactive ketones (excluding diaryl/α,β-unsaturated/α-hetero) is 1. The van der Waals surface area contributed by atoms with Crippen molar-refractivity contribution in [2.75, 3.05) is 19.7 Å². The highest BCUT2D eigenvalue weighted by Crippen LogP contribution is 2.22. The normalized spacial score (nSPS) is 19.9. The maximum atomic E-state index is 12.2.